The number of fused-ring (bicyclic) bond motifs is 2. The number of amides is 3. The highest BCUT2D eigenvalue weighted by Gasteiger charge is 2.42. The summed E-state index contributed by atoms with van der Waals surface area (Å²) in [6, 6.07) is 5.63. The quantitative estimate of drug-likeness (QED) is 0.883. The van der Waals surface area contributed by atoms with Crippen LogP contribution in [0, 0.1) is 5.92 Å². The molecule has 7 heteroatoms. The first-order valence-corrected chi connectivity index (χ1v) is 8.48. The first-order valence-electron chi connectivity index (χ1n) is 8.48. The normalized spacial score (nSPS) is 23.2. The topological polar surface area (TPSA) is 79.3 Å². The van der Waals surface area contributed by atoms with Crippen LogP contribution in [-0.4, -0.2) is 45.8 Å². The van der Waals surface area contributed by atoms with Crippen molar-refractivity contribution in [1.29, 1.82) is 0 Å². The van der Waals surface area contributed by atoms with E-state index in [1.165, 1.54) is 0 Å². The molecule has 4 rings (SSSR count). The number of urea groups is 1. The first-order chi connectivity index (χ1) is 11.7. The van der Waals surface area contributed by atoms with Gasteiger partial charge in [0.25, 0.3) is 0 Å². The van der Waals surface area contributed by atoms with Crippen molar-refractivity contribution in [2.75, 3.05) is 18.4 Å². The van der Waals surface area contributed by atoms with Gasteiger partial charge in [0.1, 0.15) is 0 Å². The van der Waals surface area contributed by atoms with E-state index in [2.05, 4.69) is 15.7 Å². The molecular weight excluding hydrogens is 306 g/mol. The van der Waals surface area contributed by atoms with Crippen LogP contribution in [0.4, 0.5) is 10.5 Å². The van der Waals surface area contributed by atoms with Gasteiger partial charge in [-0.2, -0.15) is 5.10 Å². The molecule has 7 nitrogen and oxygen atoms in total. The van der Waals surface area contributed by atoms with E-state index in [1.807, 2.05) is 36.0 Å². The summed E-state index contributed by atoms with van der Waals surface area (Å²) >= 11 is 0. The number of anilines is 1. The molecule has 0 saturated carbocycles. The molecule has 2 aliphatic rings. The Bertz CT molecular complexity index is 799. The van der Waals surface area contributed by atoms with Gasteiger partial charge in [0.05, 0.1) is 23.7 Å². The number of aryl methyl sites for hydroxylation is 1. The Kier molecular flexibility index (Phi) is 3.63. The van der Waals surface area contributed by atoms with E-state index in [9.17, 15) is 9.59 Å². The van der Waals surface area contributed by atoms with E-state index in [-0.39, 0.29) is 23.9 Å². The number of nitrogens with one attached hydrogen (secondary N) is 2. The molecule has 0 unspecified atom stereocenters. The standard InChI is InChI=1S/C17H21N5O2/c1-2-22-14-8-12(6-5-11(14)9-19-22)20-17(24)21-7-3-4-13-15(21)10-18-16(13)23/h5-6,8-9,13,15H,2-4,7,10H2,1H3,(H,18,23)(H,20,24)/t13-,15-/m0/s1. The number of likely N-dealkylation sites (tertiary alicyclic amines) is 1. The van der Waals surface area contributed by atoms with E-state index < -0.39 is 0 Å². The molecule has 0 bridgehead atoms. The van der Waals surface area contributed by atoms with Gasteiger partial charge >= 0.3 is 6.03 Å². The van der Waals surface area contributed by atoms with E-state index in [0.29, 0.717) is 13.1 Å². The monoisotopic (exact) mass is 327 g/mol. The smallest absolute Gasteiger partial charge is 0.322 e. The van der Waals surface area contributed by atoms with Crippen LogP contribution in [0.2, 0.25) is 0 Å². The second kappa shape index (κ2) is 5.81. The highest BCUT2D eigenvalue weighted by molar-refractivity contribution is 5.93. The van der Waals surface area contributed by atoms with Gasteiger partial charge in [0.2, 0.25) is 5.91 Å². The number of rotatable bonds is 2. The van der Waals surface area contributed by atoms with Gasteiger partial charge in [-0.15, -0.1) is 0 Å². The minimum Gasteiger partial charge on any atom is -0.354 e. The van der Waals surface area contributed by atoms with Crippen LogP contribution >= 0.6 is 0 Å². The van der Waals surface area contributed by atoms with E-state index in [0.717, 1.165) is 36.0 Å². The van der Waals surface area contributed by atoms with E-state index in [1.54, 1.807) is 4.90 Å². The molecule has 1 aromatic carbocycles. The zero-order valence-electron chi connectivity index (χ0n) is 13.7. The summed E-state index contributed by atoms with van der Waals surface area (Å²) in [5, 5.41) is 11.2. The minimum atomic E-state index is -0.136. The van der Waals surface area contributed by atoms with Gasteiger partial charge in [0, 0.05) is 30.7 Å². The third-order valence-electron chi connectivity index (χ3n) is 5.06. The zero-order valence-corrected chi connectivity index (χ0v) is 13.7. The molecule has 3 heterocycles. The molecule has 0 spiro atoms. The van der Waals surface area contributed by atoms with Crippen LogP contribution in [0.15, 0.2) is 24.4 Å². The van der Waals surface area contributed by atoms with Crippen molar-refractivity contribution >= 4 is 28.5 Å². The molecule has 2 aromatic rings. The second-order valence-electron chi connectivity index (χ2n) is 6.42. The predicted octanol–water partition coefficient (Wildman–Crippen LogP) is 1.80. The van der Waals surface area contributed by atoms with E-state index in [4.69, 9.17) is 0 Å². The summed E-state index contributed by atoms with van der Waals surface area (Å²) in [7, 11) is 0. The molecule has 0 aliphatic carbocycles. The highest BCUT2D eigenvalue weighted by Crippen LogP contribution is 2.28. The van der Waals surface area contributed by atoms with Gasteiger partial charge < -0.3 is 15.5 Å². The Balaban J connectivity index is 1.54. The number of aromatic nitrogens is 2. The van der Waals surface area contributed by atoms with Gasteiger partial charge in [0.15, 0.2) is 0 Å². The van der Waals surface area contributed by atoms with Gasteiger partial charge in [-0.05, 0) is 38.0 Å². The van der Waals surface area contributed by atoms with Crippen LogP contribution in [0.25, 0.3) is 10.9 Å². The average molecular weight is 327 g/mol. The molecule has 126 valence electrons. The maximum absolute atomic E-state index is 12.7. The lowest BCUT2D eigenvalue weighted by Gasteiger charge is -2.35. The fourth-order valence-corrected chi connectivity index (χ4v) is 3.80. The van der Waals surface area contributed by atoms with Crippen LogP contribution in [0.5, 0.6) is 0 Å². The first kappa shape index (κ1) is 15.0. The van der Waals surface area contributed by atoms with Crippen molar-refractivity contribution in [1.82, 2.24) is 20.0 Å². The number of carbonyl (C=O) groups excluding carboxylic acids is 2. The lowest BCUT2D eigenvalue weighted by atomic mass is 9.92. The Morgan fingerprint density at radius 2 is 2.33 bits per heavy atom. The lowest BCUT2D eigenvalue weighted by Crippen LogP contribution is -2.50. The van der Waals surface area contributed by atoms with Crippen molar-refractivity contribution in [3.8, 4) is 0 Å². The molecule has 3 amide bonds. The van der Waals surface area contributed by atoms with Crippen LogP contribution in [-0.2, 0) is 11.3 Å². The van der Waals surface area contributed by atoms with Gasteiger partial charge in [-0.3, -0.25) is 9.48 Å². The number of nitrogens with zero attached hydrogens (tertiary/aromatic N) is 3. The highest BCUT2D eigenvalue weighted by atomic mass is 16.2. The summed E-state index contributed by atoms with van der Waals surface area (Å²) in [6.45, 7) is 4.07. The van der Waals surface area contributed by atoms with Crippen molar-refractivity contribution < 1.29 is 9.59 Å². The van der Waals surface area contributed by atoms with Crippen LogP contribution in [0.3, 0.4) is 0 Å². The number of carbonyl (C=O) groups is 2. The van der Waals surface area contributed by atoms with Crippen LogP contribution < -0.4 is 10.6 Å². The average Bonchev–Trinajstić information content (AvgIpc) is 3.18. The Morgan fingerprint density at radius 1 is 1.46 bits per heavy atom. The summed E-state index contributed by atoms with van der Waals surface area (Å²) in [6.07, 6.45) is 3.56. The number of piperidine rings is 1. The third kappa shape index (κ3) is 2.40. The molecule has 0 radical (unpaired) electrons. The Hall–Kier alpha value is -2.57. The van der Waals surface area contributed by atoms with E-state index >= 15 is 0 Å². The summed E-state index contributed by atoms with van der Waals surface area (Å²) < 4.78 is 1.90. The maximum atomic E-state index is 12.7. The minimum absolute atomic E-state index is 0.0313. The predicted molar refractivity (Wildman–Crippen MR) is 90.7 cm³/mol. The van der Waals surface area contributed by atoms with Gasteiger partial charge in [-0.1, -0.05) is 0 Å². The molecule has 2 aliphatic heterocycles. The molecule has 2 fully saturated rings. The Labute approximate surface area is 140 Å². The summed E-state index contributed by atoms with van der Waals surface area (Å²) in [4.78, 5) is 26.3. The largest absolute Gasteiger partial charge is 0.354 e. The number of hydrogen-bond donors (Lipinski definition) is 2. The number of hydrogen-bond acceptors (Lipinski definition) is 3. The SMILES string of the molecule is CCn1ncc2ccc(NC(=O)N3CCC[C@@H]4C(=O)NC[C@@H]43)cc21. The Morgan fingerprint density at radius 3 is 3.17 bits per heavy atom. The van der Waals surface area contributed by atoms with Crippen molar-refractivity contribution in [3.63, 3.8) is 0 Å². The molecule has 2 atom stereocenters. The van der Waals surface area contributed by atoms with Crippen molar-refractivity contribution in [2.45, 2.75) is 32.4 Å². The van der Waals surface area contributed by atoms with Crippen molar-refractivity contribution in [3.05, 3.63) is 24.4 Å². The fourth-order valence-electron chi connectivity index (χ4n) is 3.80. The molecular formula is C17H21N5O2. The molecule has 2 saturated heterocycles. The molecule has 2 N–H and O–H groups in total. The van der Waals surface area contributed by atoms with Crippen molar-refractivity contribution in [2.24, 2.45) is 5.92 Å². The molecule has 1 aromatic heterocycles. The number of benzene rings is 1. The zero-order chi connectivity index (χ0) is 16.7. The lowest BCUT2D eigenvalue weighted by molar-refractivity contribution is -0.123. The van der Waals surface area contributed by atoms with Crippen LogP contribution in [0.1, 0.15) is 19.8 Å². The summed E-state index contributed by atoms with van der Waals surface area (Å²) in [5.74, 6) is 0.0132. The fraction of sp³-hybridized carbons (Fsp3) is 0.471. The third-order valence-corrected chi connectivity index (χ3v) is 5.06. The summed E-state index contributed by atoms with van der Waals surface area (Å²) in [5.41, 5.74) is 1.76. The van der Waals surface area contributed by atoms with Gasteiger partial charge in [-0.25, -0.2) is 4.79 Å². The maximum Gasteiger partial charge on any atom is 0.322 e. The second-order valence-corrected chi connectivity index (χ2v) is 6.42. The molecule has 24 heavy (non-hydrogen) atoms.